The van der Waals surface area contributed by atoms with Crippen molar-refractivity contribution in [3.63, 3.8) is 0 Å². The molecule has 0 unspecified atom stereocenters. The number of benzene rings is 1. The van der Waals surface area contributed by atoms with E-state index in [1.807, 2.05) is 30.6 Å². The van der Waals surface area contributed by atoms with Crippen LogP contribution < -0.4 is 4.74 Å². The summed E-state index contributed by atoms with van der Waals surface area (Å²) in [4.78, 5) is 9.02. The molecular weight excluding hydrogens is 346 g/mol. The molecule has 148 valence electrons. The number of nitrogens with zero attached hydrogens (tertiary/aromatic N) is 3. The van der Waals surface area contributed by atoms with Crippen LogP contribution in [0.15, 0.2) is 30.6 Å². The maximum absolute atomic E-state index is 9.54. The van der Waals surface area contributed by atoms with Gasteiger partial charge in [0.15, 0.2) is 5.82 Å². The van der Waals surface area contributed by atoms with E-state index in [4.69, 9.17) is 4.74 Å². The Kier molecular flexibility index (Phi) is 7.84. The van der Waals surface area contributed by atoms with Crippen LogP contribution in [0.4, 0.5) is 0 Å². The second kappa shape index (κ2) is 10.8. The predicted molar refractivity (Wildman–Crippen MR) is 112 cm³/mol. The van der Waals surface area contributed by atoms with Crippen molar-refractivity contribution >= 4 is 0 Å². The van der Waals surface area contributed by atoms with E-state index >= 15 is 0 Å². The van der Waals surface area contributed by atoms with Crippen LogP contribution in [0.25, 0.3) is 11.4 Å². The SMILES string of the molecule is CCCCCCc1cnc(-c2ccc(OCC3CCCCC3)c(C#N)c2)nc1. The number of nitriles is 1. The average molecular weight is 378 g/mol. The number of hydrogen-bond donors (Lipinski definition) is 0. The highest BCUT2D eigenvalue weighted by Crippen LogP contribution is 2.28. The fourth-order valence-corrected chi connectivity index (χ4v) is 3.83. The molecule has 1 heterocycles. The molecule has 1 aromatic carbocycles. The summed E-state index contributed by atoms with van der Waals surface area (Å²) in [5.74, 6) is 1.95. The van der Waals surface area contributed by atoms with E-state index in [2.05, 4.69) is 23.0 Å². The molecule has 0 radical (unpaired) electrons. The molecule has 3 rings (SSSR count). The molecule has 1 aromatic heterocycles. The minimum Gasteiger partial charge on any atom is -0.492 e. The highest BCUT2D eigenvalue weighted by Gasteiger charge is 2.15. The summed E-state index contributed by atoms with van der Waals surface area (Å²) in [5, 5.41) is 9.54. The first-order valence-corrected chi connectivity index (χ1v) is 10.8. The van der Waals surface area contributed by atoms with Crippen molar-refractivity contribution in [2.24, 2.45) is 5.92 Å². The molecule has 0 bridgehead atoms. The molecule has 1 fully saturated rings. The summed E-state index contributed by atoms with van der Waals surface area (Å²) < 4.78 is 5.98. The Bertz CT molecular complexity index is 773. The van der Waals surface area contributed by atoms with Gasteiger partial charge in [0.2, 0.25) is 0 Å². The Morgan fingerprint density at radius 3 is 2.57 bits per heavy atom. The highest BCUT2D eigenvalue weighted by molar-refractivity contribution is 5.61. The van der Waals surface area contributed by atoms with Crippen LogP contribution in [0, 0.1) is 17.2 Å². The lowest BCUT2D eigenvalue weighted by Gasteiger charge is -2.22. The average Bonchev–Trinajstić information content (AvgIpc) is 2.76. The van der Waals surface area contributed by atoms with Crippen LogP contribution in [0.2, 0.25) is 0 Å². The van der Waals surface area contributed by atoms with Gasteiger partial charge >= 0.3 is 0 Å². The lowest BCUT2D eigenvalue weighted by molar-refractivity contribution is 0.208. The Hall–Kier alpha value is -2.41. The van der Waals surface area contributed by atoms with Gasteiger partial charge in [0.25, 0.3) is 0 Å². The lowest BCUT2D eigenvalue weighted by Crippen LogP contribution is -2.15. The summed E-state index contributed by atoms with van der Waals surface area (Å²) in [7, 11) is 0. The largest absolute Gasteiger partial charge is 0.492 e. The van der Waals surface area contributed by atoms with Crippen molar-refractivity contribution in [2.45, 2.75) is 71.1 Å². The van der Waals surface area contributed by atoms with Crippen molar-refractivity contribution in [3.05, 3.63) is 41.7 Å². The van der Waals surface area contributed by atoms with Gasteiger partial charge in [0.05, 0.1) is 12.2 Å². The molecule has 4 nitrogen and oxygen atoms in total. The third-order valence-corrected chi connectivity index (χ3v) is 5.58. The van der Waals surface area contributed by atoms with E-state index in [1.54, 1.807) is 0 Å². The fraction of sp³-hybridized carbons (Fsp3) is 0.542. The summed E-state index contributed by atoms with van der Waals surface area (Å²) in [6.45, 7) is 2.93. The molecule has 0 N–H and O–H groups in total. The van der Waals surface area contributed by atoms with Gasteiger partial charge in [-0.1, -0.05) is 45.4 Å². The molecule has 1 saturated carbocycles. The van der Waals surface area contributed by atoms with Crippen molar-refractivity contribution in [2.75, 3.05) is 6.61 Å². The Morgan fingerprint density at radius 2 is 1.86 bits per heavy atom. The molecular formula is C24H31N3O. The minimum atomic E-state index is 0.556. The molecule has 1 aliphatic carbocycles. The highest BCUT2D eigenvalue weighted by atomic mass is 16.5. The molecule has 0 spiro atoms. The molecule has 2 aromatic rings. The zero-order chi connectivity index (χ0) is 19.6. The molecule has 0 aliphatic heterocycles. The van der Waals surface area contributed by atoms with Gasteiger partial charge in [-0.2, -0.15) is 5.26 Å². The topological polar surface area (TPSA) is 58.8 Å². The first kappa shape index (κ1) is 20.3. The summed E-state index contributed by atoms with van der Waals surface area (Å²) in [6.07, 6.45) is 16.2. The Labute approximate surface area is 169 Å². The van der Waals surface area contributed by atoms with Crippen molar-refractivity contribution in [3.8, 4) is 23.2 Å². The van der Waals surface area contributed by atoms with Crippen LogP contribution in [0.5, 0.6) is 5.75 Å². The Balaban J connectivity index is 1.61. The molecule has 4 heteroatoms. The van der Waals surface area contributed by atoms with Gasteiger partial charge in [-0.25, -0.2) is 9.97 Å². The number of aryl methyl sites for hydroxylation is 1. The first-order valence-electron chi connectivity index (χ1n) is 10.8. The maximum Gasteiger partial charge on any atom is 0.159 e. The number of unbranched alkanes of at least 4 members (excludes halogenated alkanes) is 3. The molecule has 28 heavy (non-hydrogen) atoms. The van der Waals surface area contributed by atoms with Crippen LogP contribution in [-0.2, 0) is 6.42 Å². The van der Waals surface area contributed by atoms with E-state index in [9.17, 15) is 5.26 Å². The number of ether oxygens (including phenoxy) is 1. The van der Waals surface area contributed by atoms with Crippen LogP contribution in [-0.4, -0.2) is 16.6 Å². The van der Waals surface area contributed by atoms with E-state index in [0.29, 0.717) is 29.7 Å². The van der Waals surface area contributed by atoms with E-state index < -0.39 is 0 Å². The van der Waals surface area contributed by atoms with Gasteiger partial charge in [-0.05, 0) is 55.4 Å². The zero-order valence-corrected chi connectivity index (χ0v) is 17.0. The standard InChI is InChI=1S/C24H31N3O/c1-2-3-4-6-11-20-16-26-24(27-17-20)21-12-13-23(22(14-21)15-25)28-18-19-9-7-5-8-10-19/h12-14,16-17,19H,2-11,18H2,1H3. The molecule has 0 atom stereocenters. The molecule has 1 aliphatic rings. The molecule has 0 amide bonds. The normalized spacial score (nSPS) is 14.6. The number of rotatable bonds is 9. The smallest absolute Gasteiger partial charge is 0.159 e. The van der Waals surface area contributed by atoms with E-state index in [0.717, 1.165) is 12.0 Å². The number of hydrogen-bond acceptors (Lipinski definition) is 4. The quantitative estimate of drug-likeness (QED) is 0.496. The maximum atomic E-state index is 9.54. The Morgan fingerprint density at radius 1 is 1.07 bits per heavy atom. The van der Waals surface area contributed by atoms with E-state index in [-0.39, 0.29) is 0 Å². The van der Waals surface area contributed by atoms with Gasteiger partial charge in [-0.15, -0.1) is 0 Å². The zero-order valence-electron chi connectivity index (χ0n) is 17.0. The monoisotopic (exact) mass is 377 g/mol. The lowest BCUT2D eigenvalue weighted by atomic mass is 9.90. The summed E-state index contributed by atoms with van der Waals surface area (Å²) in [6, 6.07) is 7.94. The van der Waals surface area contributed by atoms with Crippen molar-refractivity contribution in [1.82, 2.24) is 9.97 Å². The van der Waals surface area contributed by atoms with Gasteiger partial charge in [0, 0.05) is 18.0 Å². The summed E-state index contributed by atoms with van der Waals surface area (Å²) in [5.41, 5.74) is 2.59. The third kappa shape index (κ3) is 5.79. The molecule has 0 saturated heterocycles. The first-order chi connectivity index (χ1) is 13.8. The second-order valence-corrected chi connectivity index (χ2v) is 7.86. The van der Waals surface area contributed by atoms with Crippen LogP contribution in [0.3, 0.4) is 0 Å². The second-order valence-electron chi connectivity index (χ2n) is 7.86. The minimum absolute atomic E-state index is 0.556. The van der Waals surface area contributed by atoms with E-state index in [1.165, 1.54) is 63.4 Å². The third-order valence-electron chi connectivity index (χ3n) is 5.58. The summed E-state index contributed by atoms with van der Waals surface area (Å²) >= 11 is 0. The van der Waals surface area contributed by atoms with Gasteiger partial charge < -0.3 is 4.74 Å². The van der Waals surface area contributed by atoms with Crippen molar-refractivity contribution < 1.29 is 4.74 Å². The fourth-order valence-electron chi connectivity index (χ4n) is 3.83. The van der Waals surface area contributed by atoms with Gasteiger partial charge in [-0.3, -0.25) is 0 Å². The van der Waals surface area contributed by atoms with Crippen molar-refractivity contribution in [1.29, 1.82) is 5.26 Å². The van der Waals surface area contributed by atoms with Crippen LogP contribution >= 0.6 is 0 Å². The van der Waals surface area contributed by atoms with Crippen LogP contribution in [0.1, 0.15) is 75.8 Å². The predicted octanol–water partition coefficient (Wildman–Crippen LogP) is 6.10. The number of aromatic nitrogens is 2. The van der Waals surface area contributed by atoms with Gasteiger partial charge in [0.1, 0.15) is 11.8 Å².